The Bertz CT molecular complexity index is 546. The van der Waals surface area contributed by atoms with E-state index in [0.29, 0.717) is 18.3 Å². The molecule has 1 aliphatic rings. The van der Waals surface area contributed by atoms with Gasteiger partial charge in [0.05, 0.1) is 0 Å². The number of nitrogen functional groups attached to an aromatic ring is 1. The molecule has 0 aromatic carbocycles. The second-order valence-electron chi connectivity index (χ2n) is 6.53. The van der Waals surface area contributed by atoms with Crippen LogP contribution in [0.1, 0.15) is 56.7 Å². The van der Waals surface area contributed by atoms with Gasteiger partial charge in [-0.15, -0.1) is 0 Å². The van der Waals surface area contributed by atoms with Gasteiger partial charge >= 0.3 is 0 Å². The maximum absolute atomic E-state index is 11.0. The Morgan fingerprint density at radius 3 is 2.87 bits per heavy atom. The van der Waals surface area contributed by atoms with Gasteiger partial charge in [0.1, 0.15) is 5.82 Å². The smallest absolute Gasteiger partial charge is 0.222 e. The van der Waals surface area contributed by atoms with E-state index in [1.165, 1.54) is 5.56 Å². The molecule has 6 heteroatoms. The third kappa shape index (κ3) is 4.81. The first-order valence-corrected chi connectivity index (χ1v) is 8.67. The minimum absolute atomic E-state index is 0.215. The van der Waals surface area contributed by atoms with Crippen molar-refractivity contribution in [2.24, 2.45) is 11.7 Å². The largest absolute Gasteiger partial charge is 0.370 e. The summed E-state index contributed by atoms with van der Waals surface area (Å²) >= 11 is 0. The van der Waals surface area contributed by atoms with Gasteiger partial charge in [-0.05, 0) is 44.9 Å². The maximum Gasteiger partial charge on any atom is 0.222 e. The number of carbonyl (C=O) groups excluding carboxylic acids is 1. The molecule has 1 aromatic rings. The number of aromatic nitrogens is 2. The second-order valence-corrected chi connectivity index (χ2v) is 6.53. The van der Waals surface area contributed by atoms with Crippen LogP contribution in [-0.4, -0.2) is 29.0 Å². The average molecular weight is 319 g/mol. The number of hydrogen-bond donors (Lipinski definition) is 2. The van der Waals surface area contributed by atoms with Gasteiger partial charge in [0, 0.05) is 30.8 Å². The number of unbranched alkanes of at least 4 members (excludes halogenated alkanes) is 1. The zero-order valence-corrected chi connectivity index (χ0v) is 14.3. The molecule has 1 amide bonds. The fourth-order valence-electron chi connectivity index (χ4n) is 3.35. The number of amides is 1. The third-order valence-corrected chi connectivity index (χ3v) is 4.61. The van der Waals surface area contributed by atoms with Crippen molar-refractivity contribution < 1.29 is 4.79 Å². The number of anilines is 2. The monoisotopic (exact) mass is 319 g/mol. The van der Waals surface area contributed by atoms with E-state index in [-0.39, 0.29) is 5.91 Å². The molecule has 1 saturated heterocycles. The summed E-state index contributed by atoms with van der Waals surface area (Å²) in [5.41, 5.74) is 13.4. The van der Waals surface area contributed by atoms with E-state index in [9.17, 15) is 4.79 Å². The predicted octanol–water partition coefficient (Wildman–Crippen LogP) is 2.19. The molecule has 0 spiro atoms. The summed E-state index contributed by atoms with van der Waals surface area (Å²) in [7, 11) is 0. The van der Waals surface area contributed by atoms with E-state index in [4.69, 9.17) is 11.5 Å². The first-order valence-electron chi connectivity index (χ1n) is 8.67. The molecular weight excluding hydrogens is 290 g/mol. The van der Waals surface area contributed by atoms with E-state index in [2.05, 4.69) is 21.8 Å². The van der Waals surface area contributed by atoms with Crippen LogP contribution in [0, 0.1) is 12.8 Å². The van der Waals surface area contributed by atoms with Crippen LogP contribution in [0.4, 0.5) is 11.8 Å². The highest BCUT2D eigenvalue weighted by molar-refractivity contribution is 5.73. The standard InChI is InChI=1S/C17H29N5O/c1-3-4-7-14-12(2)20-17(19)21-16(14)22-10-5-6-13(11-22)8-9-15(18)23/h13H,3-11H2,1-2H3,(H2,18,23)(H2,19,20,21). The van der Waals surface area contributed by atoms with Gasteiger partial charge in [0.2, 0.25) is 11.9 Å². The fourth-order valence-corrected chi connectivity index (χ4v) is 3.35. The highest BCUT2D eigenvalue weighted by Crippen LogP contribution is 2.29. The molecule has 1 atom stereocenters. The molecule has 1 unspecified atom stereocenters. The first kappa shape index (κ1) is 17.5. The molecule has 4 N–H and O–H groups in total. The summed E-state index contributed by atoms with van der Waals surface area (Å²) in [6.45, 7) is 6.11. The minimum atomic E-state index is -0.215. The molecule has 2 rings (SSSR count). The molecule has 0 bridgehead atoms. The van der Waals surface area contributed by atoms with E-state index in [1.54, 1.807) is 0 Å². The number of aryl methyl sites for hydroxylation is 1. The maximum atomic E-state index is 11.0. The number of carbonyl (C=O) groups is 1. The Labute approximate surface area is 138 Å². The van der Waals surface area contributed by atoms with Gasteiger partial charge in [-0.3, -0.25) is 4.79 Å². The molecule has 0 saturated carbocycles. The number of primary amides is 1. The van der Waals surface area contributed by atoms with Gasteiger partial charge < -0.3 is 16.4 Å². The van der Waals surface area contributed by atoms with Gasteiger partial charge in [-0.2, -0.15) is 4.98 Å². The van der Waals surface area contributed by atoms with Crippen LogP contribution in [0.2, 0.25) is 0 Å². The van der Waals surface area contributed by atoms with Crippen molar-refractivity contribution in [3.8, 4) is 0 Å². The Hall–Kier alpha value is -1.85. The van der Waals surface area contributed by atoms with E-state index in [0.717, 1.165) is 63.1 Å². The highest BCUT2D eigenvalue weighted by Gasteiger charge is 2.24. The number of piperidine rings is 1. The number of nitrogens with two attached hydrogens (primary N) is 2. The topological polar surface area (TPSA) is 98.1 Å². The first-order chi connectivity index (χ1) is 11.0. The van der Waals surface area contributed by atoms with Crippen LogP contribution in [0.5, 0.6) is 0 Å². The van der Waals surface area contributed by atoms with Crippen molar-refractivity contribution in [2.45, 2.75) is 58.8 Å². The van der Waals surface area contributed by atoms with Crippen LogP contribution >= 0.6 is 0 Å². The van der Waals surface area contributed by atoms with Crippen molar-refractivity contribution in [2.75, 3.05) is 23.7 Å². The zero-order chi connectivity index (χ0) is 16.8. The fraction of sp³-hybridized carbons (Fsp3) is 0.706. The van der Waals surface area contributed by atoms with Crippen molar-refractivity contribution in [1.29, 1.82) is 0 Å². The van der Waals surface area contributed by atoms with Crippen molar-refractivity contribution in [3.05, 3.63) is 11.3 Å². The van der Waals surface area contributed by atoms with Crippen LogP contribution in [0.25, 0.3) is 0 Å². The molecular formula is C17H29N5O. The summed E-state index contributed by atoms with van der Waals surface area (Å²) in [6.07, 6.45) is 6.83. The Balaban J connectivity index is 2.17. The summed E-state index contributed by atoms with van der Waals surface area (Å²) in [6, 6.07) is 0. The lowest BCUT2D eigenvalue weighted by atomic mass is 9.92. The Kier molecular flexibility index (Phi) is 6.19. The van der Waals surface area contributed by atoms with Gasteiger partial charge in [-0.25, -0.2) is 4.98 Å². The molecule has 1 aromatic heterocycles. The van der Waals surface area contributed by atoms with Crippen molar-refractivity contribution in [1.82, 2.24) is 9.97 Å². The third-order valence-electron chi connectivity index (χ3n) is 4.61. The van der Waals surface area contributed by atoms with Crippen LogP contribution in [-0.2, 0) is 11.2 Å². The molecule has 2 heterocycles. The summed E-state index contributed by atoms with van der Waals surface area (Å²) < 4.78 is 0. The summed E-state index contributed by atoms with van der Waals surface area (Å²) in [5.74, 6) is 1.61. The van der Waals surface area contributed by atoms with E-state index >= 15 is 0 Å². The lowest BCUT2D eigenvalue weighted by molar-refractivity contribution is -0.118. The molecule has 0 radical (unpaired) electrons. The SMILES string of the molecule is CCCCc1c(C)nc(N)nc1N1CCCC(CCC(N)=O)C1. The minimum Gasteiger partial charge on any atom is -0.370 e. The number of nitrogens with zero attached hydrogens (tertiary/aromatic N) is 3. The zero-order valence-electron chi connectivity index (χ0n) is 14.3. The van der Waals surface area contributed by atoms with Gasteiger partial charge in [-0.1, -0.05) is 13.3 Å². The molecule has 23 heavy (non-hydrogen) atoms. The molecule has 1 aliphatic heterocycles. The van der Waals surface area contributed by atoms with Crippen LogP contribution in [0.15, 0.2) is 0 Å². The van der Waals surface area contributed by atoms with E-state index in [1.807, 2.05) is 6.92 Å². The van der Waals surface area contributed by atoms with Crippen LogP contribution < -0.4 is 16.4 Å². The lowest BCUT2D eigenvalue weighted by Gasteiger charge is -2.35. The molecule has 128 valence electrons. The normalized spacial score (nSPS) is 18.2. The van der Waals surface area contributed by atoms with Crippen molar-refractivity contribution >= 4 is 17.7 Å². The summed E-state index contributed by atoms with van der Waals surface area (Å²) in [5, 5.41) is 0. The van der Waals surface area contributed by atoms with Gasteiger partial charge in [0.15, 0.2) is 0 Å². The average Bonchev–Trinajstić information content (AvgIpc) is 2.52. The number of hydrogen-bond acceptors (Lipinski definition) is 5. The molecule has 1 fully saturated rings. The van der Waals surface area contributed by atoms with E-state index < -0.39 is 0 Å². The van der Waals surface area contributed by atoms with Crippen LogP contribution in [0.3, 0.4) is 0 Å². The quantitative estimate of drug-likeness (QED) is 0.802. The molecule has 0 aliphatic carbocycles. The molecule has 6 nitrogen and oxygen atoms in total. The summed E-state index contributed by atoms with van der Waals surface area (Å²) in [4.78, 5) is 22.2. The van der Waals surface area contributed by atoms with Gasteiger partial charge in [0.25, 0.3) is 0 Å². The predicted molar refractivity (Wildman–Crippen MR) is 93.2 cm³/mol. The Morgan fingerprint density at radius 2 is 2.17 bits per heavy atom. The highest BCUT2D eigenvalue weighted by atomic mass is 16.1. The Morgan fingerprint density at radius 1 is 1.39 bits per heavy atom. The number of rotatable bonds is 7. The van der Waals surface area contributed by atoms with Crippen molar-refractivity contribution in [3.63, 3.8) is 0 Å². The lowest BCUT2D eigenvalue weighted by Crippen LogP contribution is -2.37. The second kappa shape index (κ2) is 8.13.